The minimum atomic E-state index is -0.745. The second-order valence-corrected chi connectivity index (χ2v) is 3.04. The molecule has 1 aromatic rings. The minimum absolute atomic E-state index is 0.222. The van der Waals surface area contributed by atoms with Crippen LogP contribution in [0.25, 0.3) is 0 Å². The molecule has 0 fully saturated rings. The molecule has 0 radical (unpaired) electrons. The molecule has 1 heterocycles. The second-order valence-electron chi connectivity index (χ2n) is 3.04. The summed E-state index contributed by atoms with van der Waals surface area (Å²) in [6.45, 7) is 5.26. The van der Waals surface area contributed by atoms with Crippen LogP contribution in [0, 0.1) is 0 Å². The molecule has 0 amide bonds. The van der Waals surface area contributed by atoms with E-state index in [-0.39, 0.29) is 12.8 Å². The molecule has 2 N–H and O–H groups in total. The van der Waals surface area contributed by atoms with Crippen molar-refractivity contribution in [3.8, 4) is 0 Å². The maximum atomic E-state index is 9.37. The van der Waals surface area contributed by atoms with Crippen LogP contribution in [0.5, 0.6) is 0 Å². The van der Waals surface area contributed by atoms with Gasteiger partial charge >= 0.3 is 11.9 Å². The number of nitrogens with zero attached hydrogens (tertiary/aromatic N) is 2. The Morgan fingerprint density at radius 3 is 1.67 bits per heavy atom. The van der Waals surface area contributed by atoms with E-state index in [1.807, 2.05) is 0 Å². The number of aryl methyl sites for hydroxylation is 1. The SMILES string of the molecule is CCC(=O)O.CCC(=O)O.CCc1cnccn1. The van der Waals surface area contributed by atoms with Gasteiger partial charge in [0, 0.05) is 31.4 Å². The summed E-state index contributed by atoms with van der Waals surface area (Å²) in [5.41, 5.74) is 1.05. The fraction of sp³-hybridized carbons (Fsp3) is 0.500. The average Bonchev–Trinajstić information content (AvgIpc) is 2.41. The zero-order valence-corrected chi connectivity index (χ0v) is 11.0. The quantitative estimate of drug-likeness (QED) is 0.857. The van der Waals surface area contributed by atoms with Crippen molar-refractivity contribution in [3.63, 3.8) is 0 Å². The highest BCUT2D eigenvalue weighted by molar-refractivity contribution is 5.66. The first kappa shape index (κ1) is 18.4. The summed E-state index contributed by atoms with van der Waals surface area (Å²) < 4.78 is 0. The largest absolute Gasteiger partial charge is 0.481 e. The van der Waals surface area contributed by atoms with Crippen LogP contribution in [0.2, 0.25) is 0 Å². The molecular formula is C12H20N2O4. The lowest BCUT2D eigenvalue weighted by Gasteiger charge is -1.88. The molecule has 6 nitrogen and oxygen atoms in total. The molecule has 6 heteroatoms. The molecule has 0 aromatic carbocycles. The Balaban J connectivity index is 0. The third-order valence-electron chi connectivity index (χ3n) is 1.58. The molecule has 0 aliphatic rings. The summed E-state index contributed by atoms with van der Waals surface area (Å²) in [5.74, 6) is -1.49. The van der Waals surface area contributed by atoms with E-state index in [1.54, 1.807) is 32.4 Å². The number of rotatable bonds is 3. The lowest BCUT2D eigenvalue weighted by molar-refractivity contribution is -0.137. The van der Waals surface area contributed by atoms with Crippen molar-refractivity contribution in [2.75, 3.05) is 0 Å². The van der Waals surface area contributed by atoms with Gasteiger partial charge in [-0.3, -0.25) is 19.6 Å². The van der Waals surface area contributed by atoms with Gasteiger partial charge in [0.05, 0.1) is 5.69 Å². The number of carbonyl (C=O) groups is 2. The highest BCUT2D eigenvalue weighted by atomic mass is 16.4. The van der Waals surface area contributed by atoms with Crippen molar-refractivity contribution in [2.45, 2.75) is 40.0 Å². The lowest BCUT2D eigenvalue weighted by Crippen LogP contribution is -1.86. The molecule has 0 saturated carbocycles. The third-order valence-corrected chi connectivity index (χ3v) is 1.58. The van der Waals surface area contributed by atoms with Gasteiger partial charge in [-0.15, -0.1) is 0 Å². The van der Waals surface area contributed by atoms with Crippen molar-refractivity contribution in [2.24, 2.45) is 0 Å². The van der Waals surface area contributed by atoms with Crippen LogP contribution < -0.4 is 0 Å². The predicted octanol–water partition coefficient (Wildman–Crippen LogP) is 2.00. The van der Waals surface area contributed by atoms with Gasteiger partial charge in [-0.05, 0) is 6.42 Å². The first-order valence-corrected chi connectivity index (χ1v) is 5.66. The number of aliphatic carboxylic acids is 2. The first-order valence-electron chi connectivity index (χ1n) is 5.66. The molecule has 18 heavy (non-hydrogen) atoms. The molecular weight excluding hydrogens is 236 g/mol. The number of hydrogen-bond donors (Lipinski definition) is 2. The molecule has 102 valence electrons. The Morgan fingerprint density at radius 1 is 1.06 bits per heavy atom. The minimum Gasteiger partial charge on any atom is -0.481 e. The number of carboxylic acids is 2. The normalized spacial score (nSPS) is 8.17. The Hall–Kier alpha value is -1.98. The molecule has 1 aromatic heterocycles. The molecule has 0 saturated heterocycles. The van der Waals surface area contributed by atoms with E-state index >= 15 is 0 Å². The van der Waals surface area contributed by atoms with Gasteiger partial charge in [0.2, 0.25) is 0 Å². The maximum absolute atomic E-state index is 9.37. The van der Waals surface area contributed by atoms with E-state index < -0.39 is 11.9 Å². The standard InChI is InChI=1S/C6H8N2.2C3H6O2/c1-2-6-5-7-3-4-8-6;2*1-2-3(4)5/h3-5H,2H2,1H3;2*2H2,1H3,(H,4,5). The van der Waals surface area contributed by atoms with E-state index in [0.717, 1.165) is 12.1 Å². The molecule has 1 rings (SSSR count). The van der Waals surface area contributed by atoms with E-state index in [2.05, 4.69) is 16.9 Å². The van der Waals surface area contributed by atoms with E-state index in [4.69, 9.17) is 10.2 Å². The van der Waals surface area contributed by atoms with E-state index in [9.17, 15) is 9.59 Å². The summed E-state index contributed by atoms with van der Waals surface area (Å²) in [6.07, 6.45) is 6.58. The van der Waals surface area contributed by atoms with Gasteiger partial charge in [-0.25, -0.2) is 0 Å². The Kier molecular flexibility index (Phi) is 13.4. The smallest absolute Gasteiger partial charge is 0.303 e. The Bertz CT molecular complexity index is 314. The molecule has 0 aliphatic heterocycles. The molecule has 0 spiro atoms. The molecule has 0 atom stereocenters. The van der Waals surface area contributed by atoms with Gasteiger partial charge < -0.3 is 10.2 Å². The van der Waals surface area contributed by atoms with Crippen molar-refractivity contribution in [1.29, 1.82) is 0 Å². The van der Waals surface area contributed by atoms with Crippen LogP contribution in [0.3, 0.4) is 0 Å². The predicted molar refractivity (Wildman–Crippen MR) is 67.3 cm³/mol. The third kappa shape index (κ3) is 16.4. The number of aromatic nitrogens is 2. The van der Waals surface area contributed by atoms with Crippen molar-refractivity contribution in [3.05, 3.63) is 24.3 Å². The Labute approximate surface area is 107 Å². The maximum Gasteiger partial charge on any atom is 0.303 e. The van der Waals surface area contributed by atoms with Crippen LogP contribution in [0.4, 0.5) is 0 Å². The van der Waals surface area contributed by atoms with Crippen molar-refractivity contribution in [1.82, 2.24) is 9.97 Å². The summed E-state index contributed by atoms with van der Waals surface area (Å²) >= 11 is 0. The Morgan fingerprint density at radius 2 is 1.50 bits per heavy atom. The molecule has 0 bridgehead atoms. The summed E-state index contributed by atoms with van der Waals surface area (Å²) in [4.78, 5) is 26.7. The summed E-state index contributed by atoms with van der Waals surface area (Å²) in [7, 11) is 0. The monoisotopic (exact) mass is 256 g/mol. The van der Waals surface area contributed by atoms with Crippen LogP contribution in [-0.2, 0) is 16.0 Å². The van der Waals surface area contributed by atoms with Gasteiger partial charge in [0.25, 0.3) is 0 Å². The second kappa shape index (κ2) is 13.1. The fourth-order valence-corrected chi connectivity index (χ4v) is 0.513. The van der Waals surface area contributed by atoms with Crippen molar-refractivity contribution < 1.29 is 19.8 Å². The van der Waals surface area contributed by atoms with Gasteiger partial charge in [-0.2, -0.15) is 0 Å². The van der Waals surface area contributed by atoms with E-state index in [0.29, 0.717) is 0 Å². The summed E-state index contributed by atoms with van der Waals surface area (Å²) in [6, 6.07) is 0. The molecule has 0 aliphatic carbocycles. The van der Waals surface area contributed by atoms with Crippen LogP contribution in [-0.4, -0.2) is 32.1 Å². The zero-order chi connectivity index (χ0) is 14.4. The van der Waals surface area contributed by atoms with Crippen LogP contribution >= 0.6 is 0 Å². The van der Waals surface area contributed by atoms with Crippen LogP contribution in [0.1, 0.15) is 39.3 Å². The lowest BCUT2D eigenvalue weighted by atomic mass is 10.4. The fourth-order valence-electron chi connectivity index (χ4n) is 0.513. The highest BCUT2D eigenvalue weighted by Gasteiger charge is 1.83. The van der Waals surface area contributed by atoms with Crippen molar-refractivity contribution >= 4 is 11.9 Å². The first-order chi connectivity index (χ1) is 8.47. The summed E-state index contributed by atoms with van der Waals surface area (Å²) in [5, 5.41) is 15.4. The van der Waals surface area contributed by atoms with Gasteiger partial charge in [-0.1, -0.05) is 20.8 Å². The van der Waals surface area contributed by atoms with Gasteiger partial charge in [0.15, 0.2) is 0 Å². The van der Waals surface area contributed by atoms with E-state index in [1.165, 1.54) is 0 Å². The number of hydrogen-bond acceptors (Lipinski definition) is 4. The number of carboxylic acid groups (broad SMARTS) is 2. The topological polar surface area (TPSA) is 100 Å². The van der Waals surface area contributed by atoms with Gasteiger partial charge in [0.1, 0.15) is 0 Å². The highest BCUT2D eigenvalue weighted by Crippen LogP contribution is 1.87. The zero-order valence-electron chi connectivity index (χ0n) is 11.0. The van der Waals surface area contributed by atoms with Crippen LogP contribution in [0.15, 0.2) is 18.6 Å². The average molecular weight is 256 g/mol. The molecule has 0 unspecified atom stereocenters.